The molecule has 142 valence electrons. The third-order valence-corrected chi connectivity index (χ3v) is 5.05. The van der Waals surface area contributed by atoms with E-state index in [-0.39, 0.29) is 5.91 Å². The van der Waals surface area contributed by atoms with Crippen molar-refractivity contribution >= 4 is 17.4 Å². The van der Waals surface area contributed by atoms with Gasteiger partial charge in [-0.3, -0.25) is 4.79 Å². The predicted octanol–water partition coefficient (Wildman–Crippen LogP) is 4.69. The molecule has 5 heteroatoms. The maximum Gasteiger partial charge on any atom is 0.255 e. The molecule has 0 aliphatic carbocycles. The Bertz CT molecular complexity index is 945. The zero-order valence-corrected chi connectivity index (χ0v) is 16.1. The highest BCUT2D eigenvalue weighted by Gasteiger charge is 2.13. The van der Waals surface area contributed by atoms with Gasteiger partial charge in [0.05, 0.1) is 5.69 Å². The molecule has 5 nitrogen and oxygen atoms in total. The van der Waals surface area contributed by atoms with Crippen molar-refractivity contribution in [2.75, 3.05) is 23.3 Å². The van der Waals surface area contributed by atoms with E-state index < -0.39 is 0 Å². The summed E-state index contributed by atoms with van der Waals surface area (Å²) in [4.78, 5) is 14.7. The van der Waals surface area contributed by atoms with E-state index in [2.05, 4.69) is 20.4 Å². The summed E-state index contributed by atoms with van der Waals surface area (Å²) in [6.07, 6.45) is 3.74. The van der Waals surface area contributed by atoms with Crippen LogP contribution < -0.4 is 10.2 Å². The van der Waals surface area contributed by atoms with Crippen LogP contribution in [0.4, 0.5) is 11.5 Å². The Morgan fingerprint density at radius 3 is 2.39 bits per heavy atom. The second kappa shape index (κ2) is 8.21. The van der Waals surface area contributed by atoms with Gasteiger partial charge in [-0.1, -0.05) is 29.8 Å². The predicted molar refractivity (Wildman–Crippen MR) is 113 cm³/mol. The fourth-order valence-corrected chi connectivity index (χ4v) is 3.48. The summed E-state index contributed by atoms with van der Waals surface area (Å²) < 4.78 is 0. The lowest BCUT2D eigenvalue weighted by Gasteiger charge is -2.27. The number of benzene rings is 2. The Morgan fingerprint density at radius 1 is 0.929 bits per heavy atom. The van der Waals surface area contributed by atoms with Gasteiger partial charge < -0.3 is 10.2 Å². The molecule has 2 heterocycles. The molecule has 0 radical (unpaired) electrons. The van der Waals surface area contributed by atoms with Crippen LogP contribution in [0.15, 0.2) is 60.7 Å². The number of rotatable bonds is 4. The molecule has 3 aromatic rings. The molecule has 1 fully saturated rings. The number of carbonyl (C=O) groups excluding carboxylic acids is 1. The molecule has 1 saturated heterocycles. The zero-order chi connectivity index (χ0) is 19.3. The van der Waals surface area contributed by atoms with E-state index in [0.717, 1.165) is 41.4 Å². The number of hydrogen-bond acceptors (Lipinski definition) is 4. The number of aryl methyl sites for hydroxylation is 1. The van der Waals surface area contributed by atoms with Crippen LogP contribution in [0.1, 0.15) is 35.2 Å². The smallest absolute Gasteiger partial charge is 0.255 e. The van der Waals surface area contributed by atoms with Gasteiger partial charge in [0.25, 0.3) is 5.91 Å². The maximum atomic E-state index is 12.4. The number of anilines is 2. The van der Waals surface area contributed by atoms with E-state index in [9.17, 15) is 4.79 Å². The molecule has 0 bridgehead atoms. The lowest BCUT2D eigenvalue weighted by atomic mass is 10.1. The van der Waals surface area contributed by atoms with E-state index in [1.54, 1.807) is 0 Å². The van der Waals surface area contributed by atoms with Gasteiger partial charge in [-0.2, -0.15) is 0 Å². The van der Waals surface area contributed by atoms with E-state index in [0.29, 0.717) is 5.56 Å². The minimum absolute atomic E-state index is 0.109. The molecular weight excluding hydrogens is 348 g/mol. The summed E-state index contributed by atoms with van der Waals surface area (Å²) in [7, 11) is 0. The number of carbonyl (C=O) groups is 1. The molecule has 2 aromatic carbocycles. The Kier molecular flexibility index (Phi) is 5.33. The molecular formula is C23H24N4O. The third kappa shape index (κ3) is 4.19. The van der Waals surface area contributed by atoms with Crippen molar-refractivity contribution in [3.05, 3.63) is 71.8 Å². The zero-order valence-electron chi connectivity index (χ0n) is 16.1. The maximum absolute atomic E-state index is 12.4. The van der Waals surface area contributed by atoms with Gasteiger partial charge in [0, 0.05) is 29.9 Å². The first-order valence-electron chi connectivity index (χ1n) is 9.76. The van der Waals surface area contributed by atoms with E-state index >= 15 is 0 Å². The second-order valence-corrected chi connectivity index (χ2v) is 7.23. The lowest BCUT2D eigenvalue weighted by molar-refractivity contribution is 0.102. The van der Waals surface area contributed by atoms with Crippen LogP contribution in [0.2, 0.25) is 0 Å². The minimum Gasteiger partial charge on any atom is -0.355 e. The first-order valence-corrected chi connectivity index (χ1v) is 9.76. The van der Waals surface area contributed by atoms with Crippen molar-refractivity contribution in [1.82, 2.24) is 10.2 Å². The summed E-state index contributed by atoms with van der Waals surface area (Å²) >= 11 is 0. The summed E-state index contributed by atoms with van der Waals surface area (Å²) in [5.41, 5.74) is 4.29. The van der Waals surface area contributed by atoms with Gasteiger partial charge in [0.2, 0.25) is 0 Å². The average Bonchev–Trinajstić information content (AvgIpc) is 2.75. The van der Waals surface area contributed by atoms with Crippen molar-refractivity contribution in [3.8, 4) is 11.3 Å². The number of nitrogens with zero attached hydrogens (tertiary/aromatic N) is 3. The van der Waals surface area contributed by atoms with E-state index in [4.69, 9.17) is 0 Å². The van der Waals surface area contributed by atoms with Crippen LogP contribution in [0.25, 0.3) is 11.3 Å². The molecule has 1 aliphatic heterocycles. The molecule has 1 aromatic heterocycles. The fraction of sp³-hybridized carbons (Fsp3) is 0.261. The van der Waals surface area contributed by atoms with Crippen molar-refractivity contribution in [2.24, 2.45) is 0 Å². The Balaban J connectivity index is 1.43. The SMILES string of the molecule is Cc1cccc(C(=O)Nc2ccc(-c3ccc(N4CCCCC4)nn3)cc2)c1. The van der Waals surface area contributed by atoms with Gasteiger partial charge in [-0.25, -0.2) is 0 Å². The molecule has 0 unspecified atom stereocenters. The number of hydrogen-bond donors (Lipinski definition) is 1. The van der Waals surface area contributed by atoms with Crippen molar-refractivity contribution in [2.45, 2.75) is 26.2 Å². The van der Waals surface area contributed by atoms with Gasteiger partial charge in [0.15, 0.2) is 5.82 Å². The van der Waals surface area contributed by atoms with Gasteiger partial charge in [0.1, 0.15) is 0 Å². The largest absolute Gasteiger partial charge is 0.355 e. The third-order valence-electron chi connectivity index (χ3n) is 5.05. The van der Waals surface area contributed by atoms with Crippen LogP contribution in [0.3, 0.4) is 0 Å². The molecule has 0 atom stereocenters. The Hall–Kier alpha value is -3.21. The second-order valence-electron chi connectivity index (χ2n) is 7.23. The van der Waals surface area contributed by atoms with Gasteiger partial charge in [-0.15, -0.1) is 10.2 Å². The molecule has 1 N–H and O–H groups in total. The Morgan fingerprint density at radius 2 is 1.71 bits per heavy atom. The molecule has 4 rings (SSSR count). The van der Waals surface area contributed by atoms with Crippen LogP contribution in [-0.2, 0) is 0 Å². The average molecular weight is 372 g/mol. The first-order chi connectivity index (χ1) is 13.7. The highest BCUT2D eigenvalue weighted by molar-refractivity contribution is 6.04. The minimum atomic E-state index is -0.109. The van der Waals surface area contributed by atoms with Crippen LogP contribution >= 0.6 is 0 Å². The first kappa shape index (κ1) is 18.2. The highest BCUT2D eigenvalue weighted by atomic mass is 16.1. The highest BCUT2D eigenvalue weighted by Crippen LogP contribution is 2.22. The number of amides is 1. The Labute approximate surface area is 165 Å². The molecule has 0 saturated carbocycles. The number of aromatic nitrogens is 2. The summed E-state index contributed by atoms with van der Waals surface area (Å²) in [5, 5.41) is 11.7. The quantitative estimate of drug-likeness (QED) is 0.721. The molecule has 28 heavy (non-hydrogen) atoms. The number of piperidine rings is 1. The van der Waals surface area contributed by atoms with E-state index in [1.807, 2.05) is 67.6 Å². The summed E-state index contributed by atoms with van der Waals surface area (Å²) in [5.74, 6) is 0.840. The van der Waals surface area contributed by atoms with Crippen LogP contribution in [0, 0.1) is 6.92 Å². The van der Waals surface area contributed by atoms with Crippen LogP contribution in [0.5, 0.6) is 0 Å². The van der Waals surface area contributed by atoms with E-state index in [1.165, 1.54) is 19.3 Å². The van der Waals surface area contributed by atoms with Crippen molar-refractivity contribution in [3.63, 3.8) is 0 Å². The standard InChI is InChI=1S/C23H24N4O/c1-17-6-5-7-19(16-17)23(28)24-20-10-8-18(9-11-20)21-12-13-22(26-25-21)27-14-3-2-4-15-27/h5-13,16H,2-4,14-15H2,1H3,(H,24,28). The van der Waals surface area contributed by atoms with Crippen molar-refractivity contribution in [1.29, 1.82) is 0 Å². The molecule has 1 amide bonds. The lowest BCUT2D eigenvalue weighted by Crippen LogP contribution is -2.30. The number of nitrogens with one attached hydrogen (secondary N) is 1. The van der Waals surface area contributed by atoms with Crippen molar-refractivity contribution < 1.29 is 4.79 Å². The van der Waals surface area contributed by atoms with Crippen LogP contribution in [-0.4, -0.2) is 29.2 Å². The normalized spacial score (nSPS) is 14.0. The summed E-state index contributed by atoms with van der Waals surface area (Å²) in [6.45, 7) is 4.09. The van der Waals surface area contributed by atoms with Gasteiger partial charge >= 0.3 is 0 Å². The topological polar surface area (TPSA) is 58.1 Å². The van der Waals surface area contributed by atoms with Gasteiger partial charge in [-0.05, 0) is 62.6 Å². The summed E-state index contributed by atoms with van der Waals surface area (Å²) in [6, 6.07) is 19.3. The molecule has 0 spiro atoms. The molecule has 1 aliphatic rings. The fourth-order valence-electron chi connectivity index (χ4n) is 3.48. The monoisotopic (exact) mass is 372 g/mol.